The van der Waals surface area contributed by atoms with Crippen LogP contribution in [-0.2, 0) is 26.2 Å². The summed E-state index contributed by atoms with van der Waals surface area (Å²) in [5, 5.41) is 3.60. The van der Waals surface area contributed by atoms with Crippen molar-refractivity contribution in [3.63, 3.8) is 0 Å². The molecule has 38 heavy (non-hydrogen) atoms. The van der Waals surface area contributed by atoms with Gasteiger partial charge >= 0.3 is 0 Å². The molecule has 0 saturated carbocycles. The highest BCUT2D eigenvalue weighted by Gasteiger charge is 2.32. The summed E-state index contributed by atoms with van der Waals surface area (Å²) in [5.74, 6) is -0.864. The van der Waals surface area contributed by atoms with Gasteiger partial charge in [0.05, 0.1) is 10.6 Å². The third-order valence-electron chi connectivity index (χ3n) is 6.14. The molecule has 0 unspecified atom stereocenters. The lowest BCUT2D eigenvalue weighted by atomic mass is 10.1. The van der Waals surface area contributed by atoms with Gasteiger partial charge in [-0.1, -0.05) is 66.5 Å². The van der Waals surface area contributed by atoms with Crippen LogP contribution in [-0.4, -0.2) is 43.8 Å². The van der Waals surface area contributed by atoms with Crippen LogP contribution in [0.4, 0.5) is 5.69 Å². The predicted octanol–water partition coefficient (Wildman–Crippen LogP) is 5.52. The van der Waals surface area contributed by atoms with Crippen molar-refractivity contribution in [1.29, 1.82) is 0 Å². The number of carbonyl (C=O) groups is 2. The van der Waals surface area contributed by atoms with E-state index >= 15 is 0 Å². The van der Waals surface area contributed by atoms with E-state index in [1.165, 1.54) is 35.2 Å². The molecule has 0 aliphatic rings. The van der Waals surface area contributed by atoms with Gasteiger partial charge in [-0.2, -0.15) is 0 Å². The van der Waals surface area contributed by atoms with Crippen molar-refractivity contribution in [2.75, 3.05) is 10.8 Å². The lowest BCUT2D eigenvalue weighted by Gasteiger charge is -2.32. The Labute approximate surface area is 234 Å². The normalized spacial score (nSPS) is 12.9. The first-order chi connectivity index (χ1) is 18.0. The van der Waals surface area contributed by atoms with Gasteiger partial charge in [0.2, 0.25) is 11.8 Å². The van der Waals surface area contributed by atoms with Crippen LogP contribution in [0.25, 0.3) is 0 Å². The number of hydrogen-bond donors (Lipinski definition) is 1. The SMILES string of the molecule is CC[C@H](C)NC(=O)[C@@H](C)N(Cc1ccccc1)C(=O)CN(c1cccc(Cl)c1)S(=O)(=O)c1ccc(Cl)cc1. The maximum atomic E-state index is 13.8. The van der Waals surface area contributed by atoms with Crippen LogP contribution in [0, 0.1) is 0 Å². The van der Waals surface area contributed by atoms with Crippen LogP contribution < -0.4 is 9.62 Å². The second-order valence-electron chi connectivity index (χ2n) is 8.95. The van der Waals surface area contributed by atoms with Crippen LogP contribution in [0.3, 0.4) is 0 Å². The van der Waals surface area contributed by atoms with Crippen molar-refractivity contribution >= 4 is 50.7 Å². The number of hydrogen-bond acceptors (Lipinski definition) is 4. The zero-order chi connectivity index (χ0) is 27.9. The second-order valence-corrected chi connectivity index (χ2v) is 11.7. The molecule has 3 rings (SSSR count). The number of nitrogens with one attached hydrogen (secondary N) is 1. The molecule has 7 nitrogen and oxygen atoms in total. The quantitative estimate of drug-likeness (QED) is 0.326. The summed E-state index contributed by atoms with van der Waals surface area (Å²) in [6.45, 7) is 5.05. The minimum absolute atomic E-state index is 0.0353. The van der Waals surface area contributed by atoms with Crippen LogP contribution in [0.15, 0.2) is 83.8 Å². The van der Waals surface area contributed by atoms with Gasteiger partial charge in [0.15, 0.2) is 0 Å². The molecule has 0 spiro atoms. The molecule has 0 saturated heterocycles. The number of nitrogens with zero attached hydrogens (tertiary/aromatic N) is 2. The highest BCUT2D eigenvalue weighted by molar-refractivity contribution is 7.92. The summed E-state index contributed by atoms with van der Waals surface area (Å²) >= 11 is 12.1. The third kappa shape index (κ3) is 7.49. The maximum absolute atomic E-state index is 13.8. The van der Waals surface area contributed by atoms with Crippen molar-refractivity contribution in [3.05, 3.63) is 94.5 Å². The molecule has 0 radical (unpaired) electrons. The van der Waals surface area contributed by atoms with E-state index in [-0.39, 0.29) is 29.1 Å². The van der Waals surface area contributed by atoms with Gasteiger partial charge in [0.1, 0.15) is 12.6 Å². The summed E-state index contributed by atoms with van der Waals surface area (Å²) in [6.07, 6.45) is 0.729. The van der Waals surface area contributed by atoms with Crippen LogP contribution in [0.5, 0.6) is 0 Å². The predicted molar refractivity (Wildman–Crippen MR) is 152 cm³/mol. The van der Waals surface area contributed by atoms with Crippen molar-refractivity contribution in [3.8, 4) is 0 Å². The van der Waals surface area contributed by atoms with E-state index in [1.54, 1.807) is 25.1 Å². The van der Waals surface area contributed by atoms with Gasteiger partial charge in [0.25, 0.3) is 10.0 Å². The Kier molecular flexibility index (Phi) is 10.2. The van der Waals surface area contributed by atoms with E-state index in [0.29, 0.717) is 10.0 Å². The lowest BCUT2D eigenvalue weighted by molar-refractivity contribution is -0.139. The number of rotatable bonds is 11. The number of carbonyl (C=O) groups excluding carboxylic acids is 2. The molecule has 1 N–H and O–H groups in total. The van der Waals surface area contributed by atoms with E-state index in [0.717, 1.165) is 16.3 Å². The van der Waals surface area contributed by atoms with Crippen LogP contribution >= 0.6 is 23.2 Å². The molecule has 3 aromatic carbocycles. The number of anilines is 1. The van der Waals surface area contributed by atoms with Gasteiger partial charge in [-0.05, 0) is 68.3 Å². The highest BCUT2D eigenvalue weighted by Crippen LogP contribution is 2.27. The smallest absolute Gasteiger partial charge is 0.264 e. The molecule has 202 valence electrons. The van der Waals surface area contributed by atoms with E-state index in [9.17, 15) is 18.0 Å². The molecular weight excluding hydrogens is 545 g/mol. The van der Waals surface area contributed by atoms with Gasteiger partial charge in [-0.25, -0.2) is 8.42 Å². The Morgan fingerprint density at radius 1 is 0.895 bits per heavy atom. The molecular formula is C28H31Cl2N3O4S. The largest absolute Gasteiger partial charge is 0.352 e. The summed E-state index contributed by atoms with van der Waals surface area (Å²) in [7, 11) is -4.19. The zero-order valence-electron chi connectivity index (χ0n) is 21.5. The molecule has 0 aliphatic carbocycles. The van der Waals surface area contributed by atoms with Crippen molar-refractivity contribution < 1.29 is 18.0 Å². The molecule has 3 aromatic rings. The molecule has 0 aromatic heterocycles. The highest BCUT2D eigenvalue weighted by atomic mass is 35.5. The van der Waals surface area contributed by atoms with Gasteiger partial charge < -0.3 is 10.2 Å². The molecule has 0 heterocycles. The summed E-state index contributed by atoms with van der Waals surface area (Å²) in [6, 6.07) is 20.2. The monoisotopic (exact) mass is 575 g/mol. The van der Waals surface area contributed by atoms with Gasteiger partial charge in [-0.3, -0.25) is 13.9 Å². The first-order valence-electron chi connectivity index (χ1n) is 12.2. The number of benzene rings is 3. The Balaban J connectivity index is 2.01. The van der Waals surface area contributed by atoms with E-state index in [2.05, 4.69) is 5.32 Å². The van der Waals surface area contributed by atoms with E-state index < -0.39 is 28.5 Å². The fourth-order valence-electron chi connectivity index (χ4n) is 3.72. The van der Waals surface area contributed by atoms with Gasteiger partial charge in [0, 0.05) is 22.6 Å². The minimum Gasteiger partial charge on any atom is -0.352 e. The Morgan fingerprint density at radius 3 is 2.16 bits per heavy atom. The first-order valence-corrected chi connectivity index (χ1v) is 14.4. The average Bonchev–Trinajstić information content (AvgIpc) is 2.90. The third-order valence-corrected chi connectivity index (χ3v) is 8.42. The maximum Gasteiger partial charge on any atom is 0.264 e. The Bertz CT molecular complexity index is 1350. The second kappa shape index (κ2) is 13.1. The van der Waals surface area contributed by atoms with Gasteiger partial charge in [-0.15, -0.1) is 0 Å². The molecule has 10 heteroatoms. The van der Waals surface area contributed by atoms with E-state index in [1.807, 2.05) is 44.2 Å². The number of sulfonamides is 1. The Hall–Kier alpha value is -3.07. The molecule has 0 aliphatic heterocycles. The molecule has 0 fully saturated rings. The standard InChI is InChI=1S/C28H31Cl2N3O4S/c1-4-20(2)31-28(35)21(3)32(18-22-9-6-5-7-10-22)27(34)19-33(25-12-8-11-24(30)17-25)38(36,37)26-15-13-23(29)14-16-26/h5-17,20-21H,4,18-19H2,1-3H3,(H,31,35)/t20-,21+/m0/s1. The lowest BCUT2D eigenvalue weighted by Crippen LogP contribution is -2.52. The van der Waals surface area contributed by atoms with Crippen molar-refractivity contribution in [2.45, 2.75) is 50.7 Å². The first kappa shape index (κ1) is 29.5. The fourth-order valence-corrected chi connectivity index (χ4v) is 5.44. The average molecular weight is 577 g/mol. The Morgan fingerprint density at radius 2 is 1.55 bits per heavy atom. The van der Waals surface area contributed by atoms with Crippen LogP contribution in [0.1, 0.15) is 32.8 Å². The molecule has 0 bridgehead atoms. The summed E-state index contributed by atoms with van der Waals surface area (Å²) in [4.78, 5) is 28.2. The number of halogens is 2. The minimum atomic E-state index is -4.19. The molecule has 2 amide bonds. The van der Waals surface area contributed by atoms with Crippen LogP contribution in [0.2, 0.25) is 10.0 Å². The molecule has 2 atom stereocenters. The van der Waals surface area contributed by atoms with Crippen molar-refractivity contribution in [2.24, 2.45) is 0 Å². The van der Waals surface area contributed by atoms with E-state index in [4.69, 9.17) is 23.2 Å². The fraction of sp³-hybridized carbons (Fsp3) is 0.286. The summed E-state index contributed by atoms with van der Waals surface area (Å²) in [5.41, 5.74) is 1.02. The summed E-state index contributed by atoms with van der Waals surface area (Å²) < 4.78 is 28.5. The topological polar surface area (TPSA) is 86.8 Å². The van der Waals surface area contributed by atoms with Crippen molar-refractivity contribution in [1.82, 2.24) is 10.2 Å². The zero-order valence-corrected chi connectivity index (χ0v) is 23.8. The number of amides is 2.